The van der Waals surface area contributed by atoms with Crippen LogP contribution < -0.4 is 0 Å². The van der Waals surface area contributed by atoms with Gasteiger partial charge in [0.1, 0.15) is 5.82 Å². The molecule has 0 aromatic heterocycles. The van der Waals surface area contributed by atoms with Crippen molar-refractivity contribution in [2.75, 3.05) is 26.7 Å². The maximum absolute atomic E-state index is 12.8. The van der Waals surface area contributed by atoms with Gasteiger partial charge >= 0.3 is 0 Å². The molecular weight excluding hydrogens is 233 g/mol. The SMILES string of the molecule is COC1CCCN(CC(=O)c2ccc(F)cc2)C1. The lowest BCUT2D eigenvalue weighted by Gasteiger charge is -2.31. The van der Waals surface area contributed by atoms with E-state index in [2.05, 4.69) is 4.90 Å². The fourth-order valence-electron chi connectivity index (χ4n) is 2.28. The van der Waals surface area contributed by atoms with Gasteiger partial charge in [-0.3, -0.25) is 9.69 Å². The number of likely N-dealkylation sites (tertiary alicyclic amines) is 1. The average molecular weight is 251 g/mol. The fraction of sp³-hybridized carbons (Fsp3) is 0.500. The summed E-state index contributed by atoms with van der Waals surface area (Å²) < 4.78 is 18.1. The van der Waals surface area contributed by atoms with E-state index in [1.165, 1.54) is 24.3 Å². The van der Waals surface area contributed by atoms with Crippen molar-refractivity contribution in [3.8, 4) is 0 Å². The summed E-state index contributed by atoms with van der Waals surface area (Å²) in [6.45, 7) is 2.10. The second-order valence-electron chi connectivity index (χ2n) is 4.67. The molecule has 1 aliphatic heterocycles. The number of rotatable bonds is 4. The molecule has 0 bridgehead atoms. The van der Waals surface area contributed by atoms with E-state index in [0.29, 0.717) is 12.1 Å². The van der Waals surface area contributed by atoms with Crippen molar-refractivity contribution in [1.82, 2.24) is 4.90 Å². The Morgan fingerprint density at radius 1 is 1.44 bits per heavy atom. The van der Waals surface area contributed by atoms with Gasteiger partial charge in [0.25, 0.3) is 0 Å². The Bertz CT molecular complexity index is 405. The Kier molecular flexibility index (Phi) is 4.44. The summed E-state index contributed by atoms with van der Waals surface area (Å²) in [5.41, 5.74) is 0.566. The fourth-order valence-corrected chi connectivity index (χ4v) is 2.28. The number of ether oxygens (including phenoxy) is 1. The van der Waals surface area contributed by atoms with Crippen molar-refractivity contribution in [2.45, 2.75) is 18.9 Å². The average Bonchev–Trinajstić information content (AvgIpc) is 2.39. The van der Waals surface area contributed by atoms with E-state index < -0.39 is 0 Å². The van der Waals surface area contributed by atoms with E-state index in [1.807, 2.05) is 0 Å². The lowest BCUT2D eigenvalue weighted by atomic mass is 10.1. The van der Waals surface area contributed by atoms with Crippen LogP contribution in [0.2, 0.25) is 0 Å². The van der Waals surface area contributed by atoms with Crippen LogP contribution in [0.1, 0.15) is 23.2 Å². The lowest BCUT2D eigenvalue weighted by Crippen LogP contribution is -2.41. The Balaban J connectivity index is 1.92. The summed E-state index contributed by atoms with van der Waals surface area (Å²) >= 11 is 0. The number of ketones is 1. The lowest BCUT2D eigenvalue weighted by molar-refractivity contribution is 0.0314. The van der Waals surface area contributed by atoms with Crippen LogP contribution in [0.4, 0.5) is 4.39 Å². The normalized spacial score (nSPS) is 20.9. The Morgan fingerprint density at radius 2 is 2.17 bits per heavy atom. The summed E-state index contributed by atoms with van der Waals surface area (Å²) in [5.74, 6) is -0.282. The number of piperidine rings is 1. The van der Waals surface area contributed by atoms with Crippen molar-refractivity contribution in [1.29, 1.82) is 0 Å². The third-order valence-corrected chi connectivity index (χ3v) is 3.33. The highest BCUT2D eigenvalue weighted by Gasteiger charge is 2.21. The highest BCUT2D eigenvalue weighted by Crippen LogP contribution is 2.13. The number of benzene rings is 1. The van der Waals surface area contributed by atoms with E-state index in [0.717, 1.165) is 25.9 Å². The topological polar surface area (TPSA) is 29.5 Å². The highest BCUT2D eigenvalue weighted by molar-refractivity contribution is 5.97. The van der Waals surface area contributed by atoms with Gasteiger partial charge in [0.05, 0.1) is 12.6 Å². The quantitative estimate of drug-likeness (QED) is 0.768. The largest absolute Gasteiger partial charge is 0.380 e. The van der Waals surface area contributed by atoms with Crippen molar-refractivity contribution in [3.63, 3.8) is 0 Å². The summed E-state index contributed by atoms with van der Waals surface area (Å²) in [7, 11) is 1.70. The molecule has 1 aliphatic rings. The van der Waals surface area contributed by atoms with Crippen LogP contribution in [0.3, 0.4) is 0 Å². The van der Waals surface area contributed by atoms with Gasteiger partial charge in [-0.15, -0.1) is 0 Å². The molecule has 0 radical (unpaired) electrons. The van der Waals surface area contributed by atoms with E-state index in [-0.39, 0.29) is 17.7 Å². The Hall–Kier alpha value is -1.26. The predicted octanol–water partition coefficient (Wildman–Crippen LogP) is 2.12. The first kappa shape index (κ1) is 13.2. The molecule has 1 fully saturated rings. The molecule has 0 saturated carbocycles. The first-order valence-corrected chi connectivity index (χ1v) is 6.23. The second-order valence-corrected chi connectivity index (χ2v) is 4.67. The standard InChI is InChI=1S/C14H18FNO2/c1-18-13-3-2-8-16(9-13)10-14(17)11-4-6-12(15)7-5-11/h4-7,13H,2-3,8-10H2,1H3. The number of carbonyl (C=O) groups is 1. The number of halogens is 1. The van der Waals surface area contributed by atoms with Gasteiger partial charge in [-0.1, -0.05) is 0 Å². The van der Waals surface area contributed by atoms with Crippen LogP contribution in [-0.4, -0.2) is 43.5 Å². The number of hydrogen-bond donors (Lipinski definition) is 0. The van der Waals surface area contributed by atoms with Crippen LogP contribution in [-0.2, 0) is 4.74 Å². The highest BCUT2D eigenvalue weighted by atomic mass is 19.1. The van der Waals surface area contributed by atoms with Crippen LogP contribution in [0.5, 0.6) is 0 Å². The maximum atomic E-state index is 12.8. The first-order valence-electron chi connectivity index (χ1n) is 6.23. The molecule has 4 heteroatoms. The zero-order valence-electron chi connectivity index (χ0n) is 10.6. The van der Waals surface area contributed by atoms with E-state index >= 15 is 0 Å². The van der Waals surface area contributed by atoms with Crippen molar-refractivity contribution < 1.29 is 13.9 Å². The van der Waals surface area contributed by atoms with E-state index in [1.54, 1.807) is 7.11 Å². The van der Waals surface area contributed by atoms with Crippen molar-refractivity contribution >= 4 is 5.78 Å². The number of Topliss-reactive ketones (excluding diaryl/α,β-unsaturated/α-hetero) is 1. The molecule has 1 aromatic carbocycles. The van der Waals surface area contributed by atoms with Gasteiger partial charge in [0.2, 0.25) is 0 Å². The summed E-state index contributed by atoms with van der Waals surface area (Å²) in [4.78, 5) is 14.1. The molecule has 0 aliphatic carbocycles. The van der Waals surface area contributed by atoms with Crippen LogP contribution >= 0.6 is 0 Å². The van der Waals surface area contributed by atoms with Gasteiger partial charge in [0.15, 0.2) is 5.78 Å². The smallest absolute Gasteiger partial charge is 0.176 e. The van der Waals surface area contributed by atoms with Crippen molar-refractivity contribution in [2.24, 2.45) is 0 Å². The molecule has 1 saturated heterocycles. The van der Waals surface area contributed by atoms with Gasteiger partial charge in [-0.25, -0.2) is 4.39 Å². The maximum Gasteiger partial charge on any atom is 0.176 e. The van der Waals surface area contributed by atoms with Gasteiger partial charge in [-0.05, 0) is 43.7 Å². The summed E-state index contributed by atoms with van der Waals surface area (Å²) in [6, 6.07) is 5.72. The second kappa shape index (κ2) is 6.07. The molecule has 1 atom stereocenters. The van der Waals surface area contributed by atoms with Crippen LogP contribution in [0.25, 0.3) is 0 Å². The minimum absolute atomic E-state index is 0.0340. The number of nitrogens with zero attached hydrogens (tertiary/aromatic N) is 1. The monoisotopic (exact) mass is 251 g/mol. The molecule has 98 valence electrons. The minimum atomic E-state index is -0.316. The third kappa shape index (κ3) is 3.37. The Labute approximate surface area is 107 Å². The first-order chi connectivity index (χ1) is 8.69. The van der Waals surface area contributed by atoms with Crippen LogP contribution in [0.15, 0.2) is 24.3 Å². The number of methoxy groups -OCH3 is 1. The molecule has 1 unspecified atom stereocenters. The van der Waals surface area contributed by atoms with Gasteiger partial charge in [-0.2, -0.15) is 0 Å². The van der Waals surface area contributed by atoms with E-state index in [9.17, 15) is 9.18 Å². The zero-order valence-corrected chi connectivity index (χ0v) is 10.6. The molecule has 1 aromatic rings. The molecule has 18 heavy (non-hydrogen) atoms. The van der Waals surface area contributed by atoms with E-state index in [4.69, 9.17) is 4.74 Å². The molecule has 2 rings (SSSR count). The Morgan fingerprint density at radius 3 is 2.83 bits per heavy atom. The zero-order chi connectivity index (χ0) is 13.0. The molecular formula is C14H18FNO2. The number of carbonyl (C=O) groups excluding carboxylic acids is 1. The van der Waals surface area contributed by atoms with Crippen LogP contribution in [0, 0.1) is 5.82 Å². The molecule has 0 N–H and O–H groups in total. The molecule has 0 spiro atoms. The summed E-state index contributed by atoms with van der Waals surface area (Å²) in [5, 5.41) is 0. The third-order valence-electron chi connectivity index (χ3n) is 3.33. The minimum Gasteiger partial charge on any atom is -0.380 e. The van der Waals surface area contributed by atoms with Gasteiger partial charge in [0, 0.05) is 19.2 Å². The summed E-state index contributed by atoms with van der Waals surface area (Å²) in [6.07, 6.45) is 2.33. The van der Waals surface area contributed by atoms with Crippen molar-refractivity contribution in [3.05, 3.63) is 35.6 Å². The molecule has 1 heterocycles. The van der Waals surface area contributed by atoms with Gasteiger partial charge < -0.3 is 4.74 Å². The molecule has 3 nitrogen and oxygen atoms in total. The number of hydrogen-bond acceptors (Lipinski definition) is 3. The molecule has 0 amide bonds. The predicted molar refractivity (Wildman–Crippen MR) is 67.2 cm³/mol.